The summed E-state index contributed by atoms with van der Waals surface area (Å²) in [6, 6.07) is 7.54. The van der Waals surface area contributed by atoms with E-state index in [-0.39, 0.29) is 12.7 Å². The van der Waals surface area contributed by atoms with Crippen molar-refractivity contribution in [1.82, 2.24) is 14.7 Å². The Bertz CT molecular complexity index is 817. The molecule has 1 amide bonds. The molecule has 0 aliphatic carbocycles. The molecule has 7 heteroatoms. The summed E-state index contributed by atoms with van der Waals surface area (Å²) >= 11 is 0. The van der Waals surface area contributed by atoms with Crippen molar-refractivity contribution in [2.75, 3.05) is 13.3 Å². The molecule has 1 aromatic heterocycles. The van der Waals surface area contributed by atoms with Crippen LogP contribution in [0.5, 0.6) is 11.5 Å². The van der Waals surface area contributed by atoms with Crippen LogP contribution in [-0.2, 0) is 24.3 Å². The zero-order valence-electron chi connectivity index (χ0n) is 14.9. The largest absolute Gasteiger partial charge is 0.454 e. The second-order valence-corrected chi connectivity index (χ2v) is 6.74. The number of fused-ring (bicyclic) bond motifs is 2. The Morgan fingerprint density at radius 2 is 2.12 bits per heavy atom. The number of benzene rings is 1. The Morgan fingerprint density at radius 3 is 2.96 bits per heavy atom. The van der Waals surface area contributed by atoms with E-state index in [1.165, 1.54) is 0 Å². The van der Waals surface area contributed by atoms with Crippen molar-refractivity contribution in [3.63, 3.8) is 0 Å². The number of ether oxygens (including phenoxy) is 2. The number of aromatic nitrogens is 2. The Labute approximate surface area is 152 Å². The highest BCUT2D eigenvalue weighted by Crippen LogP contribution is 2.32. The third kappa shape index (κ3) is 3.26. The van der Waals surface area contributed by atoms with Gasteiger partial charge in [0, 0.05) is 13.1 Å². The molecule has 1 aromatic carbocycles. The van der Waals surface area contributed by atoms with Gasteiger partial charge in [-0.2, -0.15) is 5.10 Å². The first-order valence-corrected chi connectivity index (χ1v) is 9.05. The summed E-state index contributed by atoms with van der Waals surface area (Å²) in [6.45, 7) is 4.15. The Balaban J connectivity index is 1.47. The van der Waals surface area contributed by atoms with Gasteiger partial charge in [-0.1, -0.05) is 13.0 Å². The number of aliphatic hydroxyl groups is 1. The molecule has 7 nitrogen and oxygen atoms in total. The molecule has 1 atom stereocenters. The predicted molar refractivity (Wildman–Crippen MR) is 93.8 cm³/mol. The average molecular weight is 357 g/mol. The van der Waals surface area contributed by atoms with Crippen molar-refractivity contribution < 1.29 is 19.4 Å². The second kappa shape index (κ2) is 6.99. The minimum absolute atomic E-state index is 0.0797. The van der Waals surface area contributed by atoms with E-state index in [1.54, 1.807) is 0 Å². The highest BCUT2D eigenvalue weighted by Gasteiger charge is 2.23. The Morgan fingerprint density at radius 1 is 1.27 bits per heavy atom. The van der Waals surface area contributed by atoms with Crippen LogP contribution in [0.15, 0.2) is 24.3 Å². The molecule has 4 rings (SSSR count). The lowest BCUT2D eigenvalue weighted by Gasteiger charge is -2.20. The molecule has 3 heterocycles. The molecule has 1 unspecified atom stereocenters. The molecule has 0 spiro atoms. The number of hydrogen-bond donors (Lipinski definition) is 1. The topological polar surface area (TPSA) is 76.8 Å². The molecule has 2 aromatic rings. The maximum absolute atomic E-state index is 12.8. The highest BCUT2D eigenvalue weighted by atomic mass is 16.7. The highest BCUT2D eigenvalue weighted by molar-refractivity contribution is 5.79. The van der Waals surface area contributed by atoms with Gasteiger partial charge < -0.3 is 19.5 Å². The lowest BCUT2D eigenvalue weighted by molar-refractivity contribution is -0.131. The smallest absolute Gasteiger partial charge is 0.231 e. The van der Waals surface area contributed by atoms with Crippen LogP contribution in [0.2, 0.25) is 0 Å². The molecule has 138 valence electrons. The van der Waals surface area contributed by atoms with E-state index in [4.69, 9.17) is 9.47 Å². The molecule has 0 fully saturated rings. The molecular formula is C19H23N3O4. The first kappa shape index (κ1) is 16.9. The van der Waals surface area contributed by atoms with Crippen LogP contribution >= 0.6 is 0 Å². The predicted octanol–water partition coefficient (Wildman–Crippen LogP) is 2.03. The lowest BCUT2D eigenvalue weighted by atomic mass is 10.1. The van der Waals surface area contributed by atoms with Crippen LogP contribution in [0, 0.1) is 0 Å². The van der Waals surface area contributed by atoms with E-state index in [0.29, 0.717) is 37.4 Å². The first-order chi connectivity index (χ1) is 12.6. The summed E-state index contributed by atoms with van der Waals surface area (Å²) in [5.41, 5.74) is 2.58. The summed E-state index contributed by atoms with van der Waals surface area (Å²) in [5.74, 6) is 1.50. The molecule has 26 heavy (non-hydrogen) atoms. The quantitative estimate of drug-likeness (QED) is 0.906. The van der Waals surface area contributed by atoms with Gasteiger partial charge in [-0.25, -0.2) is 0 Å². The molecule has 2 aliphatic rings. The first-order valence-electron chi connectivity index (χ1n) is 9.05. The van der Waals surface area contributed by atoms with Gasteiger partial charge in [-0.15, -0.1) is 0 Å². The SMILES string of the molecule is CCC(O)c1cc2n(n1)CCCN(C(=O)Cc1ccc3c(c1)OCO3)C2. The third-order valence-electron chi connectivity index (χ3n) is 4.91. The van der Waals surface area contributed by atoms with Crippen LogP contribution in [-0.4, -0.2) is 39.0 Å². The van der Waals surface area contributed by atoms with Crippen molar-refractivity contribution in [1.29, 1.82) is 0 Å². The number of carbonyl (C=O) groups excluding carboxylic acids is 1. The second-order valence-electron chi connectivity index (χ2n) is 6.74. The summed E-state index contributed by atoms with van der Waals surface area (Å²) in [5, 5.41) is 14.5. The van der Waals surface area contributed by atoms with Crippen molar-refractivity contribution in [3.05, 3.63) is 41.2 Å². The fourth-order valence-corrected chi connectivity index (χ4v) is 3.41. The number of amides is 1. The molecule has 0 bridgehead atoms. The number of hydrogen-bond acceptors (Lipinski definition) is 5. The minimum atomic E-state index is -0.549. The summed E-state index contributed by atoms with van der Waals surface area (Å²) in [4.78, 5) is 14.7. The van der Waals surface area contributed by atoms with E-state index < -0.39 is 6.10 Å². The van der Waals surface area contributed by atoms with E-state index in [0.717, 1.165) is 30.0 Å². The van der Waals surface area contributed by atoms with Gasteiger partial charge in [0.25, 0.3) is 0 Å². The number of rotatable bonds is 4. The van der Waals surface area contributed by atoms with Crippen LogP contribution in [0.25, 0.3) is 0 Å². The van der Waals surface area contributed by atoms with Gasteiger partial charge >= 0.3 is 0 Å². The van der Waals surface area contributed by atoms with E-state index in [9.17, 15) is 9.90 Å². The number of nitrogens with zero attached hydrogens (tertiary/aromatic N) is 3. The lowest BCUT2D eigenvalue weighted by Crippen LogP contribution is -2.32. The maximum atomic E-state index is 12.8. The van der Waals surface area contributed by atoms with Crippen molar-refractivity contribution >= 4 is 5.91 Å². The van der Waals surface area contributed by atoms with E-state index >= 15 is 0 Å². The van der Waals surface area contributed by atoms with E-state index in [2.05, 4.69) is 5.10 Å². The molecule has 2 aliphatic heterocycles. The summed E-state index contributed by atoms with van der Waals surface area (Å²) in [7, 11) is 0. The Kier molecular flexibility index (Phi) is 4.55. The minimum Gasteiger partial charge on any atom is -0.454 e. The Hall–Kier alpha value is -2.54. The van der Waals surface area contributed by atoms with Crippen LogP contribution in [0.4, 0.5) is 0 Å². The fraction of sp³-hybridized carbons (Fsp3) is 0.474. The third-order valence-corrected chi connectivity index (χ3v) is 4.91. The normalized spacial score (nSPS) is 16.9. The standard InChI is InChI=1S/C19H23N3O4/c1-2-16(23)15-10-14-11-21(6-3-7-22(14)20-15)19(24)9-13-4-5-17-18(8-13)26-12-25-17/h4-5,8,10,16,23H,2-3,6-7,9,11-12H2,1H3. The summed E-state index contributed by atoms with van der Waals surface area (Å²) in [6.07, 6.45) is 1.26. The molecule has 1 N–H and O–H groups in total. The summed E-state index contributed by atoms with van der Waals surface area (Å²) < 4.78 is 12.6. The van der Waals surface area contributed by atoms with Gasteiger partial charge in [-0.05, 0) is 36.6 Å². The van der Waals surface area contributed by atoms with Crippen LogP contribution < -0.4 is 9.47 Å². The maximum Gasteiger partial charge on any atom is 0.231 e. The molecule has 0 saturated carbocycles. The molecular weight excluding hydrogens is 334 g/mol. The zero-order chi connectivity index (χ0) is 18.1. The van der Waals surface area contributed by atoms with Crippen LogP contribution in [0.1, 0.15) is 42.8 Å². The van der Waals surface area contributed by atoms with Crippen molar-refractivity contribution in [2.45, 2.75) is 45.4 Å². The fourth-order valence-electron chi connectivity index (χ4n) is 3.41. The van der Waals surface area contributed by atoms with Gasteiger partial charge in [0.15, 0.2) is 11.5 Å². The molecule has 0 saturated heterocycles. The monoisotopic (exact) mass is 357 g/mol. The average Bonchev–Trinajstić information content (AvgIpc) is 3.22. The number of aryl methyl sites for hydroxylation is 1. The van der Waals surface area contributed by atoms with Crippen LogP contribution in [0.3, 0.4) is 0 Å². The van der Waals surface area contributed by atoms with Gasteiger partial charge in [-0.3, -0.25) is 9.48 Å². The number of aliphatic hydroxyl groups excluding tert-OH is 1. The molecule has 0 radical (unpaired) electrons. The van der Waals surface area contributed by atoms with Gasteiger partial charge in [0.2, 0.25) is 12.7 Å². The van der Waals surface area contributed by atoms with E-state index in [1.807, 2.05) is 40.8 Å². The zero-order valence-corrected chi connectivity index (χ0v) is 14.9. The van der Waals surface area contributed by atoms with Gasteiger partial charge in [0.05, 0.1) is 30.5 Å². The van der Waals surface area contributed by atoms with Crippen molar-refractivity contribution in [2.24, 2.45) is 0 Å². The van der Waals surface area contributed by atoms with Crippen molar-refractivity contribution in [3.8, 4) is 11.5 Å². The van der Waals surface area contributed by atoms with Gasteiger partial charge in [0.1, 0.15) is 0 Å². The number of carbonyl (C=O) groups is 1.